The van der Waals surface area contributed by atoms with Gasteiger partial charge in [0, 0.05) is 49.7 Å². The molecule has 0 spiro atoms. The highest BCUT2D eigenvalue weighted by Crippen LogP contribution is 2.13. The molecule has 0 unspecified atom stereocenters. The molecule has 1 heterocycles. The first-order valence-electron chi connectivity index (χ1n) is 9.43. The number of aryl methyl sites for hydroxylation is 1. The Hall–Kier alpha value is -2.41. The SMILES string of the molecule is CCNC(=NCCc1ncc(CC)s1)NCCc1ccc(NC(C)=O)cc1. The Bertz CT molecular complexity index is 739. The van der Waals surface area contributed by atoms with Crippen LogP contribution in [-0.2, 0) is 24.1 Å². The number of hydrogen-bond acceptors (Lipinski definition) is 4. The van der Waals surface area contributed by atoms with Crippen LogP contribution in [0.5, 0.6) is 0 Å². The Labute approximate surface area is 165 Å². The summed E-state index contributed by atoms with van der Waals surface area (Å²) in [7, 11) is 0. The molecule has 6 nitrogen and oxygen atoms in total. The molecule has 146 valence electrons. The molecule has 0 aliphatic rings. The Morgan fingerprint density at radius 2 is 1.93 bits per heavy atom. The second-order valence-corrected chi connectivity index (χ2v) is 7.34. The van der Waals surface area contributed by atoms with Crippen LogP contribution in [0.15, 0.2) is 35.5 Å². The fraction of sp³-hybridized carbons (Fsp3) is 0.450. The smallest absolute Gasteiger partial charge is 0.221 e. The van der Waals surface area contributed by atoms with Crippen molar-refractivity contribution in [3.8, 4) is 0 Å². The molecule has 0 bridgehead atoms. The lowest BCUT2D eigenvalue weighted by molar-refractivity contribution is -0.114. The minimum Gasteiger partial charge on any atom is -0.357 e. The molecule has 1 aromatic carbocycles. The van der Waals surface area contributed by atoms with Crippen LogP contribution >= 0.6 is 11.3 Å². The van der Waals surface area contributed by atoms with Gasteiger partial charge in [-0.2, -0.15) is 0 Å². The molecular weight excluding hydrogens is 358 g/mol. The van der Waals surface area contributed by atoms with Gasteiger partial charge in [-0.25, -0.2) is 4.98 Å². The number of guanidine groups is 1. The van der Waals surface area contributed by atoms with Gasteiger partial charge in [-0.3, -0.25) is 9.79 Å². The molecule has 2 rings (SSSR count). The molecule has 1 amide bonds. The van der Waals surface area contributed by atoms with Crippen molar-refractivity contribution in [3.63, 3.8) is 0 Å². The van der Waals surface area contributed by atoms with E-state index >= 15 is 0 Å². The molecule has 7 heteroatoms. The maximum absolute atomic E-state index is 11.1. The number of nitrogens with zero attached hydrogens (tertiary/aromatic N) is 2. The lowest BCUT2D eigenvalue weighted by atomic mass is 10.1. The molecule has 0 atom stereocenters. The summed E-state index contributed by atoms with van der Waals surface area (Å²) in [6, 6.07) is 7.92. The van der Waals surface area contributed by atoms with Gasteiger partial charge in [0.1, 0.15) is 0 Å². The third-order valence-corrected chi connectivity index (χ3v) is 5.07. The van der Waals surface area contributed by atoms with E-state index in [1.165, 1.54) is 17.4 Å². The maximum Gasteiger partial charge on any atom is 0.221 e. The zero-order chi connectivity index (χ0) is 19.5. The number of carbonyl (C=O) groups excluding carboxylic acids is 1. The number of carbonyl (C=O) groups is 1. The van der Waals surface area contributed by atoms with Crippen LogP contribution < -0.4 is 16.0 Å². The molecule has 0 aliphatic heterocycles. The van der Waals surface area contributed by atoms with E-state index in [0.717, 1.165) is 55.6 Å². The first-order chi connectivity index (χ1) is 13.1. The van der Waals surface area contributed by atoms with Crippen LogP contribution in [0.3, 0.4) is 0 Å². The molecule has 2 aromatic rings. The number of aromatic nitrogens is 1. The second-order valence-electron chi connectivity index (χ2n) is 6.14. The fourth-order valence-corrected chi connectivity index (χ4v) is 3.37. The van der Waals surface area contributed by atoms with Gasteiger partial charge in [-0.15, -0.1) is 11.3 Å². The predicted molar refractivity (Wildman–Crippen MR) is 114 cm³/mol. The van der Waals surface area contributed by atoms with Crippen molar-refractivity contribution in [2.75, 3.05) is 25.0 Å². The quantitative estimate of drug-likeness (QED) is 0.457. The van der Waals surface area contributed by atoms with Crippen LogP contribution in [0.25, 0.3) is 0 Å². The maximum atomic E-state index is 11.1. The summed E-state index contributed by atoms with van der Waals surface area (Å²) in [6.45, 7) is 8.06. The summed E-state index contributed by atoms with van der Waals surface area (Å²) in [5.74, 6) is 0.777. The predicted octanol–water partition coefficient (Wildman–Crippen LogP) is 3.00. The number of nitrogens with one attached hydrogen (secondary N) is 3. The van der Waals surface area contributed by atoms with E-state index in [0.29, 0.717) is 0 Å². The van der Waals surface area contributed by atoms with Crippen LogP contribution in [0.1, 0.15) is 36.2 Å². The number of rotatable bonds is 9. The van der Waals surface area contributed by atoms with E-state index in [-0.39, 0.29) is 5.91 Å². The molecule has 0 radical (unpaired) electrons. The summed E-state index contributed by atoms with van der Waals surface area (Å²) < 4.78 is 0. The minimum absolute atomic E-state index is 0.0559. The van der Waals surface area contributed by atoms with Crippen molar-refractivity contribution in [3.05, 3.63) is 45.9 Å². The Morgan fingerprint density at radius 3 is 2.56 bits per heavy atom. The van der Waals surface area contributed by atoms with Crippen molar-refractivity contribution < 1.29 is 4.79 Å². The van der Waals surface area contributed by atoms with Gasteiger partial charge < -0.3 is 16.0 Å². The zero-order valence-corrected chi connectivity index (χ0v) is 17.2. The Balaban J connectivity index is 1.78. The fourth-order valence-electron chi connectivity index (χ4n) is 2.52. The van der Waals surface area contributed by atoms with Crippen molar-refractivity contribution >= 4 is 28.9 Å². The second kappa shape index (κ2) is 11.3. The lowest BCUT2D eigenvalue weighted by Crippen LogP contribution is -2.38. The highest BCUT2D eigenvalue weighted by atomic mass is 32.1. The van der Waals surface area contributed by atoms with Gasteiger partial charge in [-0.1, -0.05) is 19.1 Å². The van der Waals surface area contributed by atoms with E-state index in [4.69, 9.17) is 0 Å². The molecule has 3 N–H and O–H groups in total. The average Bonchev–Trinajstić information content (AvgIpc) is 3.11. The number of benzene rings is 1. The van der Waals surface area contributed by atoms with Crippen molar-refractivity contribution in [1.82, 2.24) is 15.6 Å². The first-order valence-corrected chi connectivity index (χ1v) is 10.2. The van der Waals surface area contributed by atoms with Crippen LogP contribution in [0, 0.1) is 0 Å². The number of hydrogen-bond donors (Lipinski definition) is 3. The molecular formula is C20H29N5OS. The van der Waals surface area contributed by atoms with E-state index in [9.17, 15) is 4.79 Å². The molecule has 0 aliphatic carbocycles. The van der Waals surface area contributed by atoms with Crippen molar-refractivity contribution in [2.45, 2.75) is 40.0 Å². The lowest BCUT2D eigenvalue weighted by Gasteiger charge is -2.11. The number of thiazole rings is 1. The van der Waals surface area contributed by atoms with E-state index in [1.54, 1.807) is 11.3 Å². The third-order valence-electron chi connectivity index (χ3n) is 3.87. The summed E-state index contributed by atoms with van der Waals surface area (Å²) in [4.78, 5) is 21.5. The average molecular weight is 388 g/mol. The van der Waals surface area contributed by atoms with Gasteiger partial charge in [0.05, 0.1) is 5.01 Å². The van der Waals surface area contributed by atoms with E-state index in [1.807, 2.05) is 30.5 Å². The summed E-state index contributed by atoms with van der Waals surface area (Å²) in [5.41, 5.74) is 2.03. The highest BCUT2D eigenvalue weighted by molar-refractivity contribution is 7.11. The number of amides is 1. The Morgan fingerprint density at radius 1 is 1.15 bits per heavy atom. The van der Waals surface area contributed by atoms with Crippen molar-refractivity contribution in [1.29, 1.82) is 0 Å². The van der Waals surface area contributed by atoms with E-state index < -0.39 is 0 Å². The molecule has 0 fully saturated rings. The van der Waals surface area contributed by atoms with Crippen LogP contribution in [0.2, 0.25) is 0 Å². The monoisotopic (exact) mass is 387 g/mol. The number of aliphatic imine (C=N–C) groups is 1. The number of anilines is 1. The van der Waals surface area contributed by atoms with Gasteiger partial charge in [0.25, 0.3) is 0 Å². The molecule has 1 aromatic heterocycles. The van der Waals surface area contributed by atoms with E-state index in [2.05, 4.69) is 39.8 Å². The molecule has 0 saturated carbocycles. The van der Waals surface area contributed by atoms with Crippen molar-refractivity contribution in [2.24, 2.45) is 4.99 Å². The van der Waals surface area contributed by atoms with Gasteiger partial charge >= 0.3 is 0 Å². The summed E-state index contributed by atoms with van der Waals surface area (Å²) >= 11 is 1.77. The minimum atomic E-state index is -0.0559. The molecule has 0 saturated heterocycles. The zero-order valence-electron chi connectivity index (χ0n) is 16.3. The van der Waals surface area contributed by atoms with Gasteiger partial charge in [0.2, 0.25) is 5.91 Å². The highest BCUT2D eigenvalue weighted by Gasteiger charge is 2.02. The van der Waals surface area contributed by atoms with Gasteiger partial charge in [0.15, 0.2) is 5.96 Å². The first kappa shape index (κ1) is 20.9. The van der Waals surface area contributed by atoms with Gasteiger partial charge in [-0.05, 0) is 37.5 Å². The molecule has 27 heavy (non-hydrogen) atoms. The summed E-state index contributed by atoms with van der Waals surface area (Å²) in [5, 5.41) is 10.6. The van der Waals surface area contributed by atoms with Crippen LogP contribution in [-0.4, -0.2) is 36.5 Å². The topological polar surface area (TPSA) is 78.4 Å². The van der Waals surface area contributed by atoms with Crippen LogP contribution in [0.4, 0.5) is 5.69 Å². The summed E-state index contributed by atoms with van der Waals surface area (Å²) in [6.07, 6.45) is 4.75. The third kappa shape index (κ3) is 7.78. The Kier molecular flexibility index (Phi) is 8.77. The standard InChI is InChI=1S/C20H29N5OS/c1-4-18-14-24-19(27-18)11-13-23-20(21-5-2)22-12-10-16-6-8-17(9-7-16)25-15(3)26/h6-9,14H,4-5,10-13H2,1-3H3,(H,25,26)(H2,21,22,23). The normalized spacial score (nSPS) is 11.3. The largest absolute Gasteiger partial charge is 0.357 e.